The van der Waals surface area contributed by atoms with E-state index in [-0.39, 0.29) is 18.7 Å². The van der Waals surface area contributed by atoms with Crippen LogP contribution in [0.15, 0.2) is 54.6 Å². The maximum Gasteiger partial charge on any atom is 0.308 e. The summed E-state index contributed by atoms with van der Waals surface area (Å²) in [6.07, 6.45) is 3.39. The van der Waals surface area contributed by atoms with Gasteiger partial charge >= 0.3 is 5.97 Å². The average Bonchev–Trinajstić information content (AvgIpc) is 3.61. The van der Waals surface area contributed by atoms with E-state index in [2.05, 4.69) is 0 Å². The normalized spacial score (nSPS) is 15.9. The number of para-hydroxylation sites is 1. The fraction of sp³-hybridized carbons (Fsp3) is 0.379. The number of aliphatic hydroxyl groups is 2. The number of hydrogen-bond donors (Lipinski definition) is 2. The van der Waals surface area contributed by atoms with Crippen LogP contribution >= 0.6 is 0 Å². The van der Waals surface area contributed by atoms with Gasteiger partial charge in [0.2, 0.25) is 0 Å². The summed E-state index contributed by atoms with van der Waals surface area (Å²) >= 11 is 0. The molecule has 0 bridgehead atoms. The van der Waals surface area contributed by atoms with Crippen molar-refractivity contribution in [2.45, 2.75) is 70.2 Å². The Labute approximate surface area is 205 Å². The predicted octanol–water partition coefficient (Wildman–Crippen LogP) is 5.78. The molecule has 3 aromatic rings. The smallest absolute Gasteiger partial charge is 0.308 e. The maximum atomic E-state index is 13.7. The molecule has 2 aromatic carbocycles. The molecular weight excluding hydrogens is 445 g/mol. The third kappa shape index (κ3) is 6.53. The molecule has 1 fully saturated rings. The lowest BCUT2D eigenvalue weighted by Gasteiger charge is -2.21. The number of aliphatic hydroxyl groups excluding tert-OH is 2. The number of hydrogen-bond acceptors (Lipinski definition) is 5. The summed E-state index contributed by atoms with van der Waals surface area (Å²) in [5.74, 6) is -0.469. The topological polar surface area (TPSA) is 79.7 Å². The molecule has 184 valence electrons. The SMILES string of the molecule is CC(C)(C)OC(=O)C[C@@H](O)C[C@H](O)/C=C/c1c(C2CC2)nc2ccccc2c1-c1ccc(F)cc1. The highest BCUT2D eigenvalue weighted by atomic mass is 19.1. The molecule has 6 heteroatoms. The lowest BCUT2D eigenvalue weighted by atomic mass is 9.92. The zero-order valence-electron chi connectivity index (χ0n) is 20.4. The molecule has 0 radical (unpaired) electrons. The van der Waals surface area contributed by atoms with Gasteiger partial charge in [0.1, 0.15) is 11.4 Å². The minimum Gasteiger partial charge on any atom is -0.460 e. The second kappa shape index (κ2) is 10.3. The van der Waals surface area contributed by atoms with E-state index in [4.69, 9.17) is 9.72 Å². The van der Waals surface area contributed by atoms with Gasteiger partial charge in [0.05, 0.1) is 29.8 Å². The van der Waals surface area contributed by atoms with Crippen LogP contribution in [0.5, 0.6) is 0 Å². The number of esters is 1. The third-order valence-corrected chi connectivity index (χ3v) is 5.88. The number of halogens is 1. The zero-order valence-corrected chi connectivity index (χ0v) is 20.4. The number of fused-ring (bicyclic) bond motifs is 1. The Bertz CT molecular complexity index is 1230. The van der Waals surface area contributed by atoms with Gasteiger partial charge in [0.15, 0.2) is 0 Å². The molecule has 0 amide bonds. The summed E-state index contributed by atoms with van der Waals surface area (Å²) < 4.78 is 18.9. The lowest BCUT2D eigenvalue weighted by molar-refractivity contribution is -0.157. The molecule has 0 aliphatic heterocycles. The van der Waals surface area contributed by atoms with E-state index in [1.807, 2.05) is 30.3 Å². The first-order valence-corrected chi connectivity index (χ1v) is 12.1. The fourth-order valence-corrected chi connectivity index (χ4v) is 4.23. The van der Waals surface area contributed by atoms with Crippen molar-refractivity contribution >= 4 is 22.9 Å². The van der Waals surface area contributed by atoms with Crippen LogP contribution in [0.3, 0.4) is 0 Å². The number of benzene rings is 2. The van der Waals surface area contributed by atoms with Gasteiger partial charge in [-0.15, -0.1) is 0 Å². The molecule has 1 heterocycles. The Kier molecular flexibility index (Phi) is 7.33. The Morgan fingerprint density at radius 1 is 1.14 bits per heavy atom. The van der Waals surface area contributed by atoms with Gasteiger partial charge in [-0.05, 0) is 57.4 Å². The van der Waals surface area contributed by atoms with Crippen molar-refractivity contribution < 1.29 is 24.1 Å². The number of ether oxygens (including phenoxy) is 1. The number of carbonyl (C=O) groups excluding carboxylic acids is 1. The number of nitrogens with zero attached hydrogens (tertiary/aromatic N) is 1. The van der Waals surface area contributed by atoms with Crippen molar-refractivity contribution in [2.75, 3.05) is 0 Å². The highest BCUT2D eigenvalue weighted by Crippen LogP contribution is 2.45. The van der Waals surface area contributed by atoms with Crippen LogP contribution in [0.1, 0.15) is 63.6 Å². The van der Waals surface area contributed by atoms with Crippen molar-refractivity contribution in [3.63, 3.8) is 0 Å². The van der Waals surface area contributed by atoms with Gasteiger partial charge in [0, 0.05) is 28.9 Å². The monoisotopic (exact) mass is 477 g/mol. The van der Waals surface area contributed by atoms with E-state index < -0.39 is 23.8 Å². The van der Waals surface area contributed by atoms with Gasteiger partial charge in [0.25, 0.3) is 0 Å². The Hall–Kier alpha value is -3.09. The van der Waals surface area contributed by atoms with Crippen LogP contribution in [0.25, 0.3) is 28.1 Å². The Balaban J connectivity index is 1.64. The predicted molar refractivity (Wildman–Crippen MR) is 135 cm³/mol. The maximum absolute atomic E-state index is 13.7. The van der Waals surface area contributed by atoms with Crippen LogP contribution in [0.2, 0.25) is 0 Å². The van der Waals surface area contributed by atoms with Crippen molar-refractivity contribution in [3.05, 3.63) is 71.7 Å². The molecule has 1 aliphatic carbocycles. The van der Waals surface area contributed by atoms with Crippen molar-refractivity contribution in [3.8, 4) is 11.1 Å². The van der Waals surface area contributed by atoms with Crippen LogP contribution in [-0.4, -0.2) is 39.0 Å². The summed E-state index contributed by atoms with van der Waals surface area (Å²) in [5, 5.41) is 21.9. The standard InChI is InChI=1S/C29H32FNO4/c1-29(2,3)35-26(34)17-22(33)16-21(32)14-15-24-27(18-10-12-20(30)13-11-18)23-6-4-5-7-25(23)31-28(24)19-8-9-19/h4-7,10-15,19,21-22,32-33H,8-9,16-17H2,1-3H3/b15-14+/t21-,22+/m1/s1. The van der Waals surface area contributed by atoms with Crippen molar-refractivity contribution in [1.82, 2.24) is 4.98 Å². The summed E-state index contributed by atoms with van der Waals surface area (Å²) in [6.45, 7) is 5.30. The second-order valence-corrected chi connectivity index (χ2v) is 10.2. The minimum atomic E-state index is -1.03. The molecule has 0 spiro atoms. The van der Waals surface area contributed by atoms with Crippen LogP contribution < -0.4 is 0 Å². The first-order chi connectivity index (χ1) is 16.6. The van der Waals surface area contributed by atoms with Gasteiger partial charge in [-0.25, -0.2) is 4.39 Å². The number of aromatic nitrogens is 1. The minimum absolute atomic E-state index is 0.00139. The van der Waals surface area contributed by atoms with E-state index in [0.29, 0.717) is 5.92 Å². The lowest BCUT2D eigenvalue weighted by Crippen LogP contribution is -2.27. The van der Waals surface area contributed by atoms with Gasteiger partial charge in [-0.1, -0.05) is 42.5 Å². The molecule has 1 saturated carbocycles. The third-order valence-electron chi connectivity index (χ3n) is 5.88. The van der Waals surface area contributed by atoms with Crippen LogP contribution in [0.4, 0.5) is 4.39 Å². The first kappa shape index (κ1) is 25.0. The Morgan fingerprint density at radius 3 is 2.49 bits per heavy atom. The number of carbonyl (C=O) groups is 1. The summed E-state index contributed by atoms with van der Waals surface area (Å²) in [4.78, 5) is 16.9. The summed E-state index contributed by atoms with van der Waals surface area (Å²) in [6, 6.07) is 14.3. The van der Waals surface area contributed by atoms with Crippen molar-refractivity contribution in [2.24, 2.45) is 0 Å². The van der Waals surface area contributed by atoms with Crippen LogP contribution in [0, 0.1) is 5.82 Å². The molecule has 35 heavy (non-hydrogen) atoms. The first-order valence-electron chi connectivity index (χ1n) is 12.1. The molecule has 4 rings (SSSR count). The van der Waals surface area contributed by atoms with E-state index in [9.17, 15) is 19.4 Å². The van der Waals surface area contributed by atoms with Gasteiger partial charge in [-0.2, -0.15) is 0 Å². The van der Waals surface area contributed by atoms with Gasteiger partial charge < -0.3 is 14.9 Å². The number of rotatable bonds is 8. The largest absolute Gasteiger partial charge is 0.460 e. The molecule has 2 N–H and O–H groups in total. The molecule has 5 nitrogen and oxygen atoms in total. The molecule has 1 aromatic heterocycles. The average molecular weight is 478 g/mol. The van der Waals surface area contributed by atoms with Gasteiger partial charge in [-0.3, -0.25) is 9.78 Å². The fourth-order valence-electron chi connectivity index (χ4n) is 4.23. The van der Waals surface area contributed by atoms with E-state index in [0.717, 1.165) is 46.1 Å². The zero-order chi connectivity index (χ0) is 25.2. The second-order valence-electron chi connectivity index (χ2n) is 10.2. The van der Waals surface area contributed by atoms with E-state index in [1.54, 1.807) is 39.0 Å². The molecule has 2 atom stereocenters. The molecule has 0 unspecified atom stereocenters. The molecule has 1 aliphatic rings. The van der Waals surface area contributed by atoms with Crippen LogP contribution in [-0.2, 0) is 9.53 Å². The summed E-state index contributed by atoms with van der Waals surface area (Å²) in [5.41, 5.74) is 3.90. The molecule has 0 saturated heterocycles. The van der Waals surface area contributed by atoms with E-state index >= 15 is 0 Å². The molecular formula is C29H32FNO4. The quantitative estimate of drug-likeness (QED) is 0.402. The van der Waals surface area contributed by atoms with Crippen molar-refractivity contribution in [1.29, 1.82) is 0 Å². The number of pyridine rings is 1. The van der Waals surface area contributed by atoms with E-state index in [1.165, 1.54) is 12.1 Å². The highest BCUT2D eigenvalue weighted by molar-refractivity contribution is 5.99. The summed E-state index contributed by atoms with van der Waals surface area (Å²) in [7, 11) is 0. The highest BCUT2D eigenvalue weighted by Gasteiger charge is 2.29. The Morgan fingerprint density at radius 2 is 1.83 bits per heavy atom.